The lowest BCUT2D eigenvalue weighted by Crippen LogP contribution is -2.04. The maximum absolute atomic E-state index is 12.7. The molecule has 3 heteroatoms. The van der Waals surface area contributed by atoms with Gasteiger partial charge >= 0.3 is 0 Å². The zero-order valence-electron chi connectivity index (χ0n) is 8.01. The van der Waals surface area contributed by atoms with Crippen molar-refractivity contribution in [1.82, 2.24) is 4.98 Å². The molecular weight excluding hydrogens is 172 g/mol. The highest BCUT2D eigenvalue weighted by atomic mass is 19.1. The summed E-state index contributed by atoms with van der Waals surface area (Å²) in [5.74, 6) is -0.988. The smallest absolute Gasteiger partial charge is 0.191 e. The van der Waals surface area contributed by atoms with Crippen molar-refractivity contribution in [2.45, 2.75) is 26.7 Å². The van der Waals surface area contributed by atoms with Crippen LogP contribution in [0.15, 0.2) is 12.1 Å². The van der Waals surface area contributed by atoms with Gasteiger partial charge in [0.15, 0.2) is 0 Å². The molecule has 0 saturated carbocycles. The Hall–Kier alpha value is -0.990. The standard InChI is InChI=1S/C10H13F2N/c1-6(2)7(3)8-4-9(11)13-10(12)5-8/h4-7H,1-3H3. The van der Waals surface area contributed by atoms with Crippen LogP contribution in [-0.2, 0) is 0 Å². The number of hydrogen-bond donors (Lipinski definition) is 0. The quantitative estimate of drug-likeness (QED) is 0.645. The van der Waals surface area contributed by atoms with Crippen molar-refractivity contribution >= 4 is 0 Å². The summed E-state index contributed by atoms with van der Waals surface area (Å²) in [7, 11) is 0. The molecule has 1 atom stereocenters. The van der Waals surface area contributed by atoms with E-state index in [1.165, 1.54) is 12.1 Å². The van der Waals surface area contributed by atoms with E-state index in [4.69, 9.17) is 0 Å². The summed E-state index contributed by atoms with van der Waals surface area (Å²) in [6.45, 7) is 5.97. The molecule has 0 aliphatic rings. The van der Waals surface area contributed by atoms with Crippen molar-refractivity contribution in [3.05, 3.63) is 29.6 Å². The fourth-order valence-electron chi connectivity index (χ4n) is 1.13. The van der Waals surface area contributed by atoms with Crippen LogP contribution in [0.25, 0.3) is 0 Å². The summed E-state index contributed by atoms with van der Waals surface area (Å²) < 4.78 is 25.4. The molecule has 0 amide bonds. The molecule has 0 spiro atoms. The lowest BCUT2D eigenvalue weighted by atomic mass is 9.91. The van der Waals surface area contributed by atoms with Gasteiger partial charge in [0.25, 0.3) is 0 Å². The van der Waals surface area contributed by atoms with Crippen LogP contribution in [0, 0.1) is 17.8 Å². The average molecular weight is 185 g/mol. The fourth-order valence-corrected chi connectivity index (χ4v) is 1.13. The van der Waals surface area contributed by atoms with E-state index >= 15 is 0 Å². The Morgan fingerprint density at radius 1 is 1.08 bits per heavy atom. The number of halogens is 2. The maximum atomic E-state index is 12.7. The van der Waals surface area contributed by atoms with E-state index in [-0.39, 0.29) is 5.92 Å². The minimum Gasteiger partial charge on any atom is -0.191 e. The van der Waals surface area contributed by atoms with E-state index in [0.717, 1.165) is 0 Å². The van der Waals surface area contributed by atoms with Crippen LogP contribution in [0.1, 0.15) is 32.3 Å². The molecule has 72 valence electrons. The van der Waals surface area contributed by atoms with Gasteiger partial charge in [-0.05, 0) is 29.5 Å². The molecule has 13 heavy (non-hydrogen) atoms. The van der Waals surface area contributed by atoms with Gasteiger partial charge in [-0.15, -0.1) is 0 Å². The Morgan fingerprint density at radius 2 is 1.54 bits per heavy atom. The lowest BCUT2D eigenvalue weighted by Gasteiger charge is -2.15. The van der Waals surface area contributed by atoms with Crippen LogP contribution in [0.2, 0.25) is 0 Å². The first-order valence-electron chi connectivity index (χ1n) is 4.33. The molecular formula is C10H13F2N. The van der Waals surface area contributed by atoms with Crippen molar-refractivity contribution < 1.29 is 8.78 Å². The van der Waals surface area contributed by atoms with Gasteiger partial charge in [-0.3, -0.25) is 0 Å². The molecule has 1 rings (SSSR count). The van der Waals surface area contributed by atoms with E-state index in [1.807, 2.05) is 20.8 Å². The first kappa shape index (κ1) is 10.1. The molecule has 1 aromatic heterocycles. The normalized spacial score (nSPS) is 13.4. The minimum absolute atomic E-state index is 0.145. The number of rotatable bonds is 2. The first-order valence-corrected chi connectivity index (χ1v) is 4.33. The lowest BCUT2D eigenvalue weighted by molar-refractivity contribution is 0.489. The van der Waals surface area contributed by atoms with Gasteiger partial charge in [-0.2, -0.15) is 13.8 Å². The SMILES string of the molecule is CC(C)C(C)c1cc(F)nc(F)c1. The van der Waals surface area contributed by atoms with Crippen molar-refractivity contribution in [2.24, 2.45) is 5.92 Å². The van der Waals surface area contributed by atoms with E-state index in [2.05, 4.69) is 4.98 Å². The molecule has 0 N–H and O–H groups in total. The third-order valence-electron chi connectivity index (χ3n) is 2.31. The van der Waals surface area contributed by atoms with Crippen LogP contribution in [0.3, 0.4) is 0 Å². The predicted molar refractivity (Wildman–Crippen MR) is 47.4 cm³/mol. The first-order chi connectivity index (χ1) is 6.00. The highest BCUT2D eigenvalue weighted by Gasteiger charge is 2.12. The Kier molecular flexibility index (Phi) is 2.96. The largest absolute Gasteiger partial charge is 0.215 e. The fraction of sp³-hybridized carbons (Fsp3) is 0.500. The second-order valence-corrected chi connectivity index (χ2v) is 3.58. The topological polar surface area (TPSA) is 12.9 Å². The van der Waals surface area contributed by atoms with E-state index in [0.29, 0.717) is 11.5 Å². The molecule has 1 aromatic rings. The van der Waals surface area contributed by atoms with Crippen LogP contribution in [0.5, 0.6) is 0 Å². The highest BCUT2D eigenvalue weighted by Crippen LogP contribution is 2.23. The van der Waals surface area contributed by atoms with Crippen molar-refractivity contribution in [3.8, 4) is 0 Å². The van der Waals surface area contributed by atoms with Crippen molar-refractivity contribution in [3.63, 3.8) is 0 Å². The third kappa shape index (κ3) is 2.47. The average Bonchev–Trinajstić information content (AvgIpc) is 2.01. The van der Waals surface area contributed by atoms with Crippen molar-refractivity contribution in [2.75, 3.05) is 0 Å². The Bertz CT molecular complexity index is 277. The van der Waals surface area contributed by atoms with Gasteiger partial charge in [0, 0.05) is 0 Å². The van der Waals surface area contributed by atoms with Crippen LogP contribution >= 0.6 is 0 Å². The second kappa shape index (κ2) is 3.81. The summed E-state index contributed by atoms with van der Waals surface area (Å²) in [6, 6.07) is 2.57. The summed E-state index contributed by atoms with van der Waals surface area (Å²) in [5, 5.41) is 0. The second-order valence-electron chi connectivity index (χ2n) is 3.58. The minimum atomic E-state index is -0.748. The van der Waals surface area contributed by atoms with E-state index < -0.39 is 11.9 Å². The molecule has 0 aromatic carbocycles. The molecule has 0 aliphatic carbocycles. The number of aromatic nitrogens is 1. The molecule has 0 fully saturated rings. The van der Waals surface area contributed by atoms with Crippen molar-refractivity contribution in [1.29, 1.82) is 0 Å². The molecule has 0 radical (unpaired) electrons. The Labute approximate surface area is 76.8 Å². The highest BCUT2D eigenvalue weighted by molar-refractivity contribution is 5.17. The number of hydrogen-bond acceptors (Lipinski definition) is 1. The van der Waals surface area contributed by atoms with Gasteiger partial charge in [0.05, 0.1) is 0 Å². The third-order valence-corrected chi connectivity index (χ3v) is 2.31. The summed E-state index contributed by atoms with van der Waals surface area (Å²) in [6.07, 6.45) is 0. The zero-order valence-corrected chi connectivity index (χ0v) is 8.01. The zero-order chi connectivity index (χ0) is 10.0. The summed E-state index contributed by atoms with van der Waals surface area (Å²) in [4.78, 5) is 3.04. The number of pyridine rings is 1. The molecule has 0 saturated heterocycles. The predicted octanol–water partition coefficient (Wildman–Crippen LogP) is 3.12. The molecule has 1 heterocycles. The van der Waals surface area contributed by atoms with E-state index in [1.54, 1.807) is 0 Å². The van der Waals surface area contributed by atoms with Gasteiger partial charge in [0.2, 0.25) is 11.9 Å². The van der Waals surface area contributed by atoms with Crippen LogP contribution in [0.4, 0.5) is 8.78 Å². The molecule has 0 bridgehead atoms. The van der Waals surface area contributed by atoms with Gasteiger partial charge in [-0.1, -0.05) is 20.8 Å². The monoisotopic (exact) mass is 185 g/mol. The molecule has 0 aliphatic heterocycles. The number of nitrogens with zero attached hydrogens (tertiary/aromatic N) is 1. The maximum Gasteiger partial charge on any atom is 0.215 e. The van der Waals surface area contributed by atoms with E-state index in [9.17, 15) is 8.78 Å². The molecule has 1 nitrogen and oxygen atoms in total. The van der Waals surface area contributed by atoms with Gasteiger partial charge < -0.3 is 0 Å². The van der Waals surface area contributed by atoms with Crippen LogP contribution < -0.4 is 0 Å². The van der Waals surface area contributed by atoms with Gasteiger partial charge in [-0.25, -0.2) is 0 Å². The summed E-state index contributed by atoms with van der Waals surface area (Å²) >= 11 is 0. The molecule has 1 unspecified atom stereocenters. The summed E-state index contributed by atoms with van der Waals surface area (Å²) in [5.41, 5.74) is 0.667. The van der Waals surface area contributed by atoms with Gasteiger partial charge in [0.1, 0.15) is 0 Å². The Morgan fingerprint density at radius 3 is 1.92 bits per heavy atom. The Balaban J connectivity index is 3.01. The van der Waals surface area contributed by atoms with Crippen LogP contribution in [-0.4, -0.2) is 4.98 Å².